The van der Waals surface area contributed by atoms with Gasteiger partial charge in [-0.2, -0.15) is 0 Å². The highest BCUT2D eigenvalue weighted by molar-refractivity contribution is 6.02. The van der Waals surface area contributed by atoms with Gasteiger partial charge in [0.1, 0.15) is 0 Å². The zero-order valence-electron chi connectivity index (χ0n) is 16.6. The van der Waals surface area contributed by atoms with Crippen LogP contribution in [0.3, 0.4) is 0 Å². The quantitative estimate of drug-likeness (QED) is 0.279. The smallest absolute Gasteiger partial charge is 0.335 e. The number of ether oxygens (including phenoxy) is 2. The van der Waals surface area contributed by atoms with Crippen LogP contribution < -0.4 is 5.32 Å². The number of hydrogen-bond acceptors (Lipinski definition) is 9. The molecular formula is C18H25N3O9. The minimum atomic E-state index is -0.737. The molecule has 30 heavy (non-hydrogen) atoms. The third kappa shape index (κ3) is 7.52. The maximum absolute atomic E-state index is 11.7. The summed E-state index contributed by atoms with van der Waals surface area (Å²) in [5.41, 5.74) is 0. The molecule has 1 N–H and O–H groups in total. The highest BCUT2D eigenvalue weighted by Gasteiger charge is 2.32. The summed E-state index contributed by atoms with van der Waals surface area (Å²) in [6.07, 6.45) is 0.418. The Bertz CT molecular complexity index is 662. The Morgan fingerprint density at radius 1 is 0.767 bits per heavy atom. The lowest BCUT2D eigenvalue weighted by atomic mass is 10.3. The fourth-order valence-corrected chi connectivity index (χ4v) is 2.72. The number of amides is 5. The van der Waals surface area contributed by atoms with Crippen LogP contribution >= 0.6 is 0 Å². The van der Waals surface area contributed by atoms with Crippen molar-refractivity contribution in [2.75, 3.05) is 39.5 Å². The average Bonchev–Trinajstić information content (AvgIpc) is 3.20. The number of likely N-dealkylation sites (tertiary alicyclic amines) is 1. The topological polar surface area (TPSA) is 149 Å². The standard InChI is InChI=1S/C18H25N3O9/c22-13(5-8-20-14(23)1-2-15(20)24)19-7-10-29-12-11-28-9-6-18(27)30-21-16(25)3-4-17(21)26/h1-12H2,(H,19,22). The van der Waals surface area contributed by atoms with Crippen molar-refractivity contribution in [1.82, 2.24) is 15.3 Å². The molecule has 2 aliphatic rings. The minimum Gasteiger partial charge on any atom is -0.378 e. The van der Waals surface area contributed by atoms with Crippen LogP contribution in [-0.4, -0.2) is 85.0 Å². The van der Waals surface area contributed by atoms with Crippen molar-refractivity contribution >= 4 is 35.5 Å². The first-order valence-electron chi connectivity index (χ1n) is 9.70. The van der Waals surface area contributed by atoms with Gasteiger partial charge in [0.25, 0.3) is 11.8 Å². The molecule has 0 aliphatic carbocycles. The van der Waals surface area contributed by atoms with Gasteiger partial charge < -0.3 is 19.6 Å². The van der Waals surface area contributed by atoms with Gasteiger partial charge in [-0.25, -0.2) is 4.79 Å². The van der Waals surface area contributed by atoms with Crippen LogP contribution in [0.2, 0.25) is 0 Å². The fourth-order valence-electron chi connectivity index (χ4n) is 2.72. The summed E-state index contributed by atoms with van der Waals surface area (Å²) in [7, 11) is 0. The van der Waals surface area contributed by atoms with Gasteiger partial charge in [-0.3, -0.25) is 28.9 Å². The zero-order chi connectivity index (χ0) is 21.9. The fraction of sp³-hybridized carbons (Fsp3) is 0.667. The SMILES string of the molecule is O=C(CCN1C(=O)CCC1=O)NCCOCCOCCC(=O)ON1C(=O)CCC1=O. The molecule has 0 spiro atoms. The van der Waals surface area contributed by atoms with E-state index in [0.29, 0.717) is 5.06 Å². The van der Waals surface area contributed by atoms with Gasteiger partial charge in [0.05, 0.1) is 32.8 Å². The molecule has 2 fully saturated rings. The Hall–Kier alpha value is -2.86. The molecule has 0 unspecified atom stereocenters. The van der Waals surface area contributed by atoms with Gasteiger partial charge >= 0.3 is 5.97 Å². The van der Waals surface area contributed by atoms with Crippen LogP contribution in [0, 0.1) is 0 Å². The molecule has 12 heteroatoms. The van der Waals surface area contributed by atoms with Crippen LogP contribution in [-0.2, 0) is 43.1 Å². The highest BCUT2D eigenvalue weighted by Crippen LogP contribution is 2.13. The lowest BCUT2D eigenvalue weighted by Gasteiger charge is -2.13. The van der Waals surface area contributed by atoms with Crippen LogP contribution in [0.4, 0.5) is 0 Å². The summed E-state index contributed by atoms with van der Waals surface area (Å²) >= 11 is 0. The molecule has 2 saturated heterocycles. The summed E-state index contributed by atoms with van der Waals surface area (Å²) in [5, 5.41) is 3.11. The first kappa shape index (κ1) is 23.4. The van der Waals surface area contributed by atoms with Gasteiger partial charge in [-0.05, 0) is 0 Å². The number of carbonyl (C=O) groups excluding carboxylic acids is 6. The number of carbonyl (C=O) groups is 6. The van der Waals surface area contributed by atoms with E-state index in [1.54, 1.807) is 0 Å². The molecule has 12 nitrogen and oxygen atoms in total. The Labute approximate surface area is 172 Å². The van der Waals surface area contributed by atoms with Gasteiger partial charge in [-0.15, -0.1) is 5.06 Å². The van der Waals surface area contributed by atoms with Crippen LogP contribution in [0.1, 0.15) is 38.5 Å². The Balaban J connectivity index is 1.40. The highest BCUT2D eigenvalue weighted by atomic mass is 16.7. The first-order chi connectivity index (χ1) is 14.4. The number of imide groups is 2. The molecule has 0 bridgehead atoms. The molecule has 0 aromatic rings. The van der Waals surface area contributed by atoms with Gasteiger partial charge in [0, 0.05) is 45.2 Å². The third-order valence-electron chi connectivity index (χ3n) is 4.31. The zero-order valence-corrected chi connectivity index (χ0v) is 16.6. The van der Waals surface area contributed by atoms with Gasteiger partial charge in [-0.1, -0.05) is 0 Å². The number of nitrogens with zero attached hydrogens (tertiary/aromatic N) is 2. The molecule has 5 amide bonds. The van der Waals surface area contributed by atoms with E-state index in [-0.39, 0.29) is 95.8 Å². The maximum Gasteiger partial charge on any atom is 0.335 e. The number of hydroxylamine groups is 2. The second-order valence-corrected chi connectivity index (χ2v) is 6.56. The second-order valence-electron chi connectivity index (χ2n) is 6.56. The van der Waals surface area contributed by atoms with Crippen molar-refractivity contribution in [3.8, 4) is 0 Å². The van der Waals surface area contributed by atoms with E-state index in [0.717, 1.165) is 4.90 Å². The van der Waals surface area contributed by atoms with Gasteiger partial charge in [0.2, 0.25) is 17.7 Å². The van der Waals surface area contributed by atoms with E-state index in [4.69, 9.17) is 9.47 Å². The van der Waals surface area contributed by atoms with E-state index in [1.165, 1.54) is 0 Å². The summed E-state index contributed by atoms with van der Waals surface area (Å²) in [6, 6.07) is 0. The normalized spacial score (nSPS) is 16.5. The number of hydrogen-bond donors (Lipinski definition) is 1. The average molecular weight is 427 g/mol. The van der Waals surface area contributed by atoms with Crippen LogP contribution in [0.15, 0.2) is 0 Å². The summed E-state index contributed by atoms with van der Waals surface area (Å²) < 4.78 is 10.5. The van der Waals surface area contributed by atoms with Crippen molar-refractivity contribution in [2.45, 2.75) is 38.5 Å². The molecule has 2 rings (SSSR count). The summed E-state index contributed by atoms with van der Waals surface area (Å²) in [6.45, 7) is 1.10. The molecule has 0 atom stereocenters. The maximum atomic E-state index is 11.7. The summed E-state index contributed by atoms with van der Waals surface area (Å²) in [5.74, 6) is -2.58. The second kappa shape index (κ2) is 12.0. The minimum absolute atomic E-state index is 0.0399. The molecule has 0 aromatic carbocycles. The molecule has 2 heterocycles. The molecule has 2 aliphatic heterocycles. The van der Waals surface area contributed by atoms with E-state index >= 15 is 0 Å². The summed E-state index contributed by atoms with van der Waals surface area (Å²) in [4.78, 5) is 74.5. The lowest BCUT2D eigenvalue weighted by molar-refractivity contribution is -0.198. The van der Waals surface area contributed by atoms with Crippen LogP contribution in [0.5, 0.6) is 0 Å². The monoisotopic (exact) mass is 427 g/mol. The predicted molar refractivity (Wildman–Crippen MR) is 97.0 cm³/mol. The van der Waals surface area contributed by atoms with Crippen molar-refractivity contribution in [1.29, 1.82) is 0 Å². The number of rotatable bonds is 13. The molecule has 0 radical (unpaired) electrons. The molecule has 0 saturated carbocycles. The Morgan fingerprint density at radius 3 is 1.97 bits per heavy atom. The van der Waals surface area contributed by atoms with Crippen molar-refractivity contribution in [3.63, 3.8) is 0 Å². The van der Waals surface area contributed by atoms with E-state index < -0.39 is 17.8 Å². The van der Waals surface area contributed by atoms with Crippen molar-refractivity contribution in [3.05, 3.63) is 0 Å². The van der Waals surface area contributed by atoms with Crippen LogP contribution in [0.25, 0.3) is 0 Å². The first-order valence-corrected chi connectivity index (χ1v) is 9.70. The molecular weight excluding hydrogens is 402 g/mol. The Morgan fingerprint density at radius 2 is 1.33 bits per heavy atom. The molecule has 166 valence electrons. The van der Waals surface area contributed by atoms with E-state index in [1.807, 2.05) is 0 Å². The number of nitrogens with one attached hydrogen (secondary N) is 1. The van der Waals surface area contributed by atoms with Crippen molar-refractivity contribution < 1.29 is 43.1 Å². The largest absolute Gasteiger partial charge is 0.378 e. The Kier molecular flexibility index (Phi) is 9.35. The third-order valence-corrected chi connectivity index (χ3v) is 4.31. The van der Waals surface area contributed by atoms with Gasteiger partial charge in [0.15, 0.2) is 0 Å². The predicted octanol–water partition coefficient (Wildman–Crippen LogP) is -1.33. The van der Waals surface area contributed by atoms with Crippen molar-refractivity contribution in [2.24, 2.45) is 0 Å². The molecule has 0 aromatic heterocycles. The lowest BCUT2D eigenvalue weighted by Crippen LogP contribution is -2.35. The van der Waals surface area contributed by atoms with E-state index in [2.05, 4.69) is 10.2 Å². The van der Waals surface area contributed by atoms with E-state index in [9.17, 15) is 28.8 Å².